The Hall–Kier alpha value is -5.89. The van der Waals surface area contributed by atoms with Crippen LogP contribution in [0.2, 0.25) is 0 Å². The van der Waals surface area contributed by atoms with Gasteiger partial charge in [-0.2, -0.15) is 119 Å². The standard InChI is InChI=1S/2C14H6F6N3.C6H5NO2.Ir/c2*15-13(16,17)8-4-3-7-11(12(8)14(18,19)20)23-21-9-5-1-2-6-10(9)22-23;8-6(9)5-3-1-2-4-7-5;/h2*1-6H;1-4H,(H,8,9);/q2*-1;;+3/p-1. The fraction of sp³-hybridized carbons (Fsp3) is 0.118. The van der Waals surface area contributed by atoms with E-state index in [-0.39, 0.29) is 47.9 Å². The second-order valence-corrected chi connectivity index (χ2v) is 10.7. The Morgan fingerprint density at radius 3 is 1.11 bits per heavy atom. The molecule has 3 heterocycles. The van der Waals surface area contributed by atoms with Crippen LogP contribution in [-0.2, 0) is 44.8 Å². The van der Waals surface area contributed by atoms with E-state index in [1.165, 1.54) is 36.5 Å². The van der Waals surface area contributed by atoms with Gasteiger partial charge in [-0.05, 0) is 70.0 Å². The summed E-state index contributed by atoms with van der Waals surface area (Å²) < 4.78 is 157. The van der Waals surface area contributed by atoms with Gasteiger partial charge in [-0.25, -0.2) is 0 Å². The summed E-state index contributed by atoms with van der Waals surface area (Å²) in [5, 5.41) is 25.2. The topological polar surface area (TPSA) is 114 Å². The number of halogens is 12. The van der Waals surface area contributed by atoms with Crippen molar-refractivity contribution in [3.8, 4) is 11.4 Å². The minimum Gasteiger partial charge on any atom is -0.543 e. The van der Waals surface area contributed by atoms with Gasteiger partial charge in [-0.15, -0.1) is 0 Å². The van der Waals surface area contributed by atoms with E-state index in [0.717, 1.165) is 12.1 Å². The van der Waals surface area contributed by atoms with Crippen LogP contribution in [0, 0.1) is 12.1 Å². The van der Waals surface area contributed by atoms with Crippen LogP contribution in [0.5, 0.6) is 0 Å². The molecule has 22 heteroatoms. The number of carbonyl (C=O) groups excluding carboxylic acids is 1. The maximum Gasteiger partial charge on any atom is 3.00 e. The van der Waals surface area contributed by atoms with Crippen molar-refractivity contribution in [1.82, 2.24) is 35.0 Å². The van der Waals surface area contributed by atoms with Crippen molar-refractivity contribution in [3.63, 3.8) is 0 Å². The Bertz CT molecular complexity index is 2230. The molecule has 0 amide bonds. The van der Waals surface area contributed by atoms with Gasteiger partial charge < -0.3 is 9.90 Å². The van der Waals surface area contributed by atoms with E-state index >= 15 is 0 Å². The number of alkyl halides is 12. The van der Waals surface area contributed by atoms with E-state index in [1.54, 1.807) is 36.4 Å². The fourth-order valence-corrected chi connectivity index (χ4v) is 4.74. The van der Waals surface area contributed by atoms with Gasteiger partial charge in [-0.1, -0.05) is 30.3 Å². The Labute approximate surface area is 318 Å². The van der Waals surface area contributed by atoms with Crippen LogP contribution in [-0.4, -0.2) is 40.9 Å². The summed E-state index contributed by atoms with van der Waals surface area (Å²) >= 11 is 0. The quantitative estimate of drug-likeness (QED) is 0.131. The number of hydrogen-bond donors (Lipinski definition) is 0. The number of aromatic nitrogens is 7. The molecule has 0 aliphatic rings. The summed E-state index contributed by atoms with van der Waals surface area (Å²) in [6.07, 6.45) is -19.4. The van der Waals surface area contributed by atoms with Gasteiger partial charge in [-0.3, -0.25) is 4.98 Å². The Morgan fingerprint density at radius 2 is 0.857 bits per heavy atom. The first kappa shape index (κ1) is 42.8. The number of rotatable bonds is 3. The molecule has 3 aromatic heterocycles. The Morgan fingerprint density at radius 1 is 0.518 bits per heavy atom. The average molecular weight is 975 g/mol. The van der Waals surface area contributed by atoms with E-state index < -0.39 is 64.3 Å². The minimum absolute atomic E-state index is 0. The predicted molar refractivity (Wildman–Crippen MR) is 164 cm³/mol. The van der Waals surface area contributed by atoms with Crippen molar-refractivity contribution in [2.75, 3.05) is 0 Å². The number of aromatic carboxylic acids is 1. The number of carbonyl (C=O) groups is 1. The summed E-state index contributed by atoms with van der Waals surface area (Å²) in [6.45, 7) is 0. The molecule has 0 unspecified atom stereocenters. The second kappa shape index (κ2) is 16.5. The van der Waals surface area contributed by atoms with Crippen LogP contribution in [0.1, 0.15) is 32.7 Å². The molecule has 0 fully saturated rings. The van der Waals surface area contributed by atoms with Crippen LogP contribution in [0.3, 0.4) is 0 Å². The van der Waals surface area contributed by atoms with E-state index in [1.807, 2.05) is 0 Å². The summed E-state index contributed by atoms with van der Waals surface area (Å²) in [7, 11) is 0. The van der Waals surface area contributed by atoms with Gasteiger partial charge in [0, 0.05) is 6.20 Å². The summed E-state index contributed by atoms with van der Waals surface area (Å²) in [5.41, 5.74) is -8.15. The smallest absolute Gasteiger partial charge is 0.543 e. The van der Waals surface area contributed by atoms with E-state index in [9.17, 15) is 62.6 Å². The Kier molecular flexibility index (Phi) is 12.6. The summed E-state index contributed by atoms with van der Waals surface area (Å²) in [6, 6.07) is 23.4. The molecule has 0 saturated heterocycles. The predicted octanol–water partition coefficient (Wildman–Crippen LogP) is 7.96. The SMILES string of the molecule is FC(F)(F)c1cc[c-]c(-n2nc3ccccc3n2)c1C(F)(F)F.FC(F)(F)c1cc[c-]c(-n2nc3ccccc3n2)c1C(F)(F)F.O=C([O-])c1ccccn1.[Ir+3]. The average Bonchev–Trinajstić information content (AvgIpc) is 3.75. The molecule has 292 valence electrons. The van der Waals surface area contributed by atoms with E-state index in [0.29, 0.717) is 21.7 Å². The summed E-state index contributed by atoms with van der Waals surface area (Å²) in [5.74, 6) is -1.24. The molecule has 7 aromatic rings. The first-order valence-electron chi connectivity index (χ1n) is 14.8. The largest absolute Gasteiger partial charge is 3.00 e. The maximum atomic E-state index is 13.2. The minimum atomic E-state index is -5.24. The van der Waals surface area contributed by atoms with Gasteiger partial charge in [0.15, 0.2) is 0 Å². The third-order valence-corrected chi connectivity index (χ3v) is 6.98. The zero-order chi connectivity index (χ0) is 40.3. The number of pyridine rings is 1. The number of benzene rings is 4. The molecule has 0 radical (unpaired) electrons. The number of fused-ring (bicyclic) bond motifs is 2. The first-order valence-corrected chi connectivity index (χ1v) is 14.8. The van der Waals surface area contributed by atoms with Gasteiger partial charge in [0.05, 0.1) is 11.7 Å². The monoisotopic (exact) mass is 975 g/mol. The van der Waals surface area contributed by atoms with Gasteiger partial charge in [0.2, 0.25) is 0 Å². The van der Waals surface area contributed by atoms with Gasteiger partial charge in [0.1, 0.15) is 22.1 Å². The molecule has 56 heavy (non-hydrogen) atoms. The molecule has 0 bridgehead atoms. The third kappa shape index (κ3) is 9.85. The normalized spacial score (nSPS) is 11.9. The number of hydrogen-bond acceptors (Lipinski definition) is 7. The third-order valence-electron chi connectivity index (χ3n) is 6.98. The fourth-order valence-electron chi connectivity index (χ4n) is 4.74. The molecule has 0 atom stereocenters. The molecule has 7 rings (SSSR count). The molecule has 0 aliphatic heterocycles. The van der Waals surface area contributed by atoms with Crippen LogP contribution in [0.25, 0.3) is 33.4 Å². The molecular weight excluding hydrogens is 959 g/mol. The zero-order valence-electron chi connectivity index (χ0n) is 27.1. The van der Waals surface area contributed by atoms with Crippen molar-refractivity contribution < 1.29 is 82.7 Å². The number of carboxylic acids is 1. The van der Waals surface area contributed by atoms with Crippen molar-refractivity contribution in [2.45, 2.75) is 24.7 Å². The molecule has 0 spiro atoms. The van der Waals surface area contributed by atoms with Crippen molar-refractivity contribution in [3.05, 3.63) is 137 Å². The van der Waals surface area contributed by atoms with Crippen LogP contribution in [0.15, 0.2) is 97.2 Å². The van der Waals surface area contributed by atoms with Gasteiger partial charge >= 0.3 is 44.8 Å². The van der Waals surface area contributed by atoms with Crippen LogP contribution in [0.4, 0.5) is 52.7 Å². The van der Waals surface area contributed by atoms with E-state index in [4.69, 9.17) is 0 Å². The number of carboxylic acid groups (broad SMARTS) is 1. The van der Waals surface area contributed by atoms with E-state index in [2.05, 4.69) is 37.5 Å². The Balaban J connectivity index is 0.000000201. The molecular formula is C34H16F12IrN7O2. The number of nitrogens with zero attached hydrogens (tertiary/aromatic N) is 7. The second-order valence-electron chi connectivity index (χ2n) is 10.7. The van der Waals surface area contributed by atoms with Crippen LogP contribution >= 0.6 is 0 Å². The van der Waals surface area contributed by atoms with Crippen molar-refractivity contribution in [2.24, 2.45) is 0 Å². The van der Waals surface area contributed by atoms with Crippen molar-refractivity contribution in [1.29, 1.82) is 0 Å². The maximum absolute atomic E-state index is 13.2. The first-order chi connectivity index (χ1) is 25.7. The molecule has 9 nitrogen and oxygen atoms in total. The van der Waals surface area contributed by atoms with Crippen LogP contribution < -0.4 is 5.11 Å². The zero-order valence-corrected chi connectivity index (χ0v) is 29.4. The molecule has 0 saturated carbocycles. The molecule has 0 N–H and O–H groups in total. The van der Waals surface area contributed by atoms with Crippen molar-refractivity contribution >= 4 is 28.0 Å². The summed E-state index contributed by atoms with van der Waals surface area (Å²) in [4.78, 5) is 14.6. The molecule has 0 aliphatic carbocycles. The van der Waals surface area contributed by atoms with Gasteiger partial charge in [0.25, 0.3) is 0 Å². The molecule has 4 aromatic carbocycles.